The highest BCUT2D eigenvalue weighted by atomic mass is 32.2. The van der Waals surface area contributed by atoms with Crippen molar-refractivity contribution in [2.24, 2.45) is 0 Å². The van der Waals surface area contributed by atoms with Gasteiger partial charge in [0.15, 0.2) is 11.5 Å². The van der Waals surface area contributed by atoms with Gasteiger partial charge >= 0.3 is 0 Å². The molecule has 2 aromatic rings. The quantitative estimate of drug-likeness (QED) is 0.404. The second-order valence-electron chi connectivity index (χ2n) is 6.69. The molecule has 0 unspecified atom stereocenters. The maximum absolute atomic E-state index is 12.9. The van der Waals surface area contributed by atoms with Gasteiger partial charge in [-0.25, -0.2) is 0 Å². The molecular formula is C23H25NO4S2. The van der Waals surface area contributed by atoms with Crippen LogP contribution in [0.25, 0.3) is 6.08 Å². The number of hydrogen-bond acceptors (Lipinski definition) is 6. The number of benzene rings is 2. The highest BCUT2D eigenvalue weighted by Gasteiger charge is 2.31. The van der Waals surface area contributed by atoms with Crippen LogP contribution in [-0.2, 0) is 11.2 Å². The molecule has 3 rings (SSSR count). The zero-order valence-electron chi connectivity index (χ0n) is 17.3. The van der Waals surface area contributed by atoms with Crippen molar-refractivity contribution in [2.45, 2.75) is 19.8 Å². The third-order valence-corrected chi connectivity index (χ3v) is 5.97. The molecule has 1 aliphatic heterocycles. The van der Waals surface area contributed by atoms with Gasteiger partial charge in [0.1, 0.15) is 10.1 Å². The lowest BCUT2D eigenvalue weighted by atomic mass is 10.1. The number of hydrogen-bond donors (Lipinski definition) is 0. The van der Waals surface area contributed by atoms with E-state index in [2.05, 4.69) is 6.92 Å². The third kappa shape index (κ3) is 5.34. The summed E-state index contributed by atoms with van der Waals surface area (Å²) in [4.78, 5) is 15.1. The molecule has 158 valence electrons. The zero-order valence-corrected chi connectivity index (χ0v) is 19.0. The van der Waals surface area contributed by atoms with Crippen molar-refractivity contribution in [2.75, 3.05) is 27.4 Å². The summed E-state index contributed by atoms with van der Waals surface area (Å²) in [5.41, 5.74) is 1.99. The molecule has 0 spiro atoms. The lowest BCUT2D eigenvalue weighted by molar-refractivity contribution is -0.122. The standard InChI is InChI=1S/C23H25NO4S2/c1-4-13-28-18-8-5-16(6-9-18)15-21-22(25)24(23(29)30-21)12-11-17-7-10-19(26-2)20(14-17)27-3/h5-10,14-15H,4,11-13H2,1-3H3/b21-15-. The minimum Gasteiger partial charge on any atom is -0.494 e. The Bertz CT molecular complexity index is 941. The zero-order chi connectivity index (χ0) is 21.5. The van der Waals surface area contributed by atoms with Crippen molar-refractivity contribution in [3.8, 4) is 17.2 Å². The minimum absolute atomic E-state index is 0.0585. The van der Waals surface area contributed by atoms with Gasteiger partial charge in [0, 0.05) is 6.54 Å². The lowest BCUT2D eigenvalue weighted by Crippen LogP contribution is -2.30. The highest BCUT2D eigenvalue weighted by Crippen LogP contribution is 2.33. The fraction of sp³-hybridized carbons (Fsp3) is 0.304. The number of ether oxygens (including phenoxy) is 3. The fourth-order valence-electron chi connectivity index (χ4n) is 3.00. The monoisotopic (exact) mass is 443 g/mol. The van der Waals surface area contributed by atoms with E-state index in [0.717, 1.165) is 23.3 Å². The lowest BCUT2D eigenvalue weighted by Gasteiger charge is -2.15. The molecule has 0 aliphatic carbocycles. The molecule has 1 fully saturated rings. The molecule has 0 atom stereocenters. The van der Waals surface area contributed by atoms with Crippen LogP contribution >= 0.6 is 24.0 Å². The SMILES string of the molecule is CCCOc1ccc(/C=C2\SC(=S)N(CCc3ccc(OC)c(OC)c3)C2=O)cc1. The summed E-state index contributed by atoms with van der Waals surface area (Å²) in [6, 6.07) is 13.5. The molecule has 1 amide bonds. The van der Waals surface area contributed by atoms with Gasteiger partial charge in [0.25, 0.3) is 5.91 Å². The van der Waals surface area contributed by atoms with Crippen molar-refractivity contribution < 1.29 is 19.0 Å². The largest absolute Gasteiger partial charge is 0.494 e. The first-order valence-corrected chi connectivity index (χ1v) is 11.0. The highest BCUT2D eigenvalue weighted by molar-refractivity contribution is 8.26. The van der Waals surface area contributed by atoms with Gasteiger partial charge in [-0.2, -0.15) is 0 Å². The summed E-state index contributed by atoms with van der Waals surface area (Å²) in [5.74, 6) is 2.13. The molecule has 1 heterocycles. The van der Waals surface area contributed by atoms with Gasteiger partial charge in [0.2, 0.25) is 0 Å². The third-order valence-electron chi connectivity index (χ3n) is 4.60. The number of nitrogens with zero attached hydrogens (tertiary/aromatic N) is 1. The fourth-order valence-corrected chi connectivity index (χ4v) is 4.31. The van der Waals surface area contributed by atoms with Crippen LogP contribution in [-0.4, -0.2) is 42.5 Å². The molecule has 30 heavy (non-hydrogen) atoms. The van der Waals surface area contributed by atoms with Crippen LogP contribution in [0.15, 0.2) is 47.4 Å². The summed E-state index contributed by atoms with van der Waals surface area (Å²) >= 11 is 6.78. The van der Waals surface area contributed by atoms with E-state index in [1.54, 1.807) is 19.1 Å². The van der Waals surface area contributed by atoms with Crippen LogP contribution in [0.1, 0.15) is 24.5 Å². The smallest absolute Gasteiger partial charge is 0.266 e. The normalized spacial score (nSPS) is 15.0. The number of carbonyl (C=O) groups excluding carboxylic acids is 1. The second-order valence-corrected chi connectivity index (χ2v) is 8.37. The van der Waals surface area contributed by atoms with Crippen LogP contribution in [0.3, 0.4) is 0 Å². The maximum atomic E-state index is 12.9. The molecule has 1 saturated heterocycles. The molecule has 7 heteroatoms. The molecule has 0 radical (unpaired) electrons. The number of carbonyl (C=O) groups is 1. The number of amides is 1. The second kappa shape index (κ2) is 10.5. The summed E-state index contributed by atoms with van der Waals surface area (Å²) in [6.07, 6.45) is 3.51. The van der Waals surface area contributed by atoms with Crippen LogP contribution in [0.4, 0.5) is 0 Å². The van der Waals surface area contributed by atoms with E-state index >= 15 is 0 Å². The Kier molecular flexibility index (Phi) is 7.76. The first-order valence-electron chi connectivity index (χ1n) is 9.74. The number of rotatable bonds is 9. The van der Waals surface area contributed by atoms with E-state index in [-0.39, 0.29) is 5.91 Å². The van der Waals surface area contributed by atoms with Crippen molar-refractivity contribution in [3.05, 3.63) is 58.5 Å². The molecule has 0 bridgehead atoms. The van der Waals surface area contributed by atoms with Crippen molar-refractivity contribution >= 4 is 40.3 Å². The topological polar surface area (TPSA) is 48.0 Å². The van der Waals surface area contributed by atoms with Crippen LogP contribution in [0.5, 0.6) is 17.2 Å². The van der Waals surface area contributed by atoms with Crippen LogP contribution in [0, 0.1) is 0 Å². The Morgan fingerprint density at radius 3 is 2.47 bits per heavy atom. The minimum atomic E-state index is -0.0585. The average molecular weight is 444 g/mol. The first-order chi connectivity index (χ1) is 14.5. The molecule has 0 saturated carbocycles. The summed E-state index contributed by atoms with van der Waals surface area (Å²) in [5, 5.41) is 0. The van der Waals surface area contributed by atoms with Crippen molar-refractivity contribution in [3.63, 3.8) is 0 Å². The van der Waals surface area contributed by atoms with Crippen LogP contribution in [0.2, 0.25) is 0 Å². The Balaban J connectivity index is 1.65. The van der Waals surface area contributed by atoms with E-state index in [9.17, 15) is 4.79 Å². The van der Waals surface area contributed by atoms with Crippen LogP contribution < -0.4 is 14.2 Å². The maximum Gasteiger partial charge on any atom is 0.266 e. The predicted molar refractivity (Wildman–Crippen MR) is 125 cm³/mol. The summed E-state index contributed by atoms with van der Waals surface area (Å²) in [7, 11) is 3.21. The Labute approximate surface area is 187 Å². The van der Waals surface area contributed by atoms with Gasteiger partial charge in [0.05, 0.1) is 25.7 Å². The molecule has 0 aromatic heterocycles. The van der Waals surface area contributed by atoms with Gasteiger partial charge < -0.3 is 14.2 Å². The van der Waals surface area contributed by atoms with Crippen molar-refractivity contribution in [1.29, 1.82) is 0 Å². The van der Waals surface area contributed by atoms with E-state index < -0.39 is 0 Å². The average Bonchev–Trinajstić information content (AvgIpc) is 3.03. The van der Waals surface area contributed by atoms with Gasteiger partial charge in [-0.1, -0.05) is 49.1 Å². The van der Waals surface area contributed by atoms with Gasteiger partial charge in [-0.15, -0.1) is 0 Å². The first kappa shape index (κ1) is 22.2. The Morgan fingerprint density at radius 2 is 1.80 bits per heavy atom. The molecular weight excluding hydrogens is 418 g/mol. The van der Waals surface area contributed by atoms with E-state index in [0.29, 0.717) is 40.3 Å². The van der Waals surface area contributed by atoms with Gasteiger partial charge in [-0.05, 0) is 54.3 Å². The molecule has 0 N–H and O–H groups in total. The molecule has 1 aliphatic rings. The summed E-state index contributed by atoms with van der Waals surface area (Å²) < 4.78 is 16.8. The molecule has 5 nitrogen and oxygen atoms in total. The van der Waals surface area contributed by atoms with E-state index in [4.69, 9.17) is 26.4 Å². The van der Waals surface area contributed by atoms with Gasteiger partial charge in [-0.3, -0.25) is 9.69 Å². The van der Waals surface area contributed by atoms with E-state index in [1.165, 1.54) is 11.8 Å². The Morgan fingerprint density at radius 1 is 1.07 bits per heavy atom. The predicted octanol–water partition coefficient (Wildman–Crippen LogP) is 4.94. The van der Waals surface area contributed by atoms with Crippen molar-refractivity contribution in [1.82, 2.24) is 4.90 Å². The van der Waals surface area contributed by atoms with E-state index in [1.807, 2.05) is 48.5 Å². The Hall–Kier alpha value is -2.51. The summed E-state index contributed by atoms with van der Waals surface area (Å²) in [6.45, 7) is 3.28. The number of thiocarbonyl (C=S) groups is 1. The molecule has 2 aromatic carbocycles. The number of thioether (sulfide) groups is 1. The number of methoxy groups -OCH3 is 2.